The molecule has 0 aliphatic carbocycles. The van der Waals surface area contributed by atoms with Crippen molar-refractivity contribution in [2.75, 3.05) is 21.3 Å². The van der Waals surface area contributed by atoms with E-state index in [0.717, 1.165) is 9.87 Å². The first-order chi connectivity index (χ1) is 14.0. The maximum atomic E-state index is 12.2. The van der Waals surface area contributed by atoms with Crippen LogP contribution < -0.4 is 13.7 Å². The Labute approximate surface area is 176 Å². The Balaban J connectivity index is 1.90. The number of sulfonamides is 1. The lowest BCUT2D eigenvalue weighted by molar-refractivity contribution is -0.117. The van der Waals surface area contributed by atoms with E-state index in [2.05, 4.69) is 4.72 Å². The molecule has 162 valence electrons. The van der Waals surface area contributed by atoms with Gasteiger partial charge in [0.2, 0.25) is 10.0 Å². The molecule has 1 saturated heterocycles. The van der Waals surface area contributed by atoms with Crippen LogP contribution in [0.4, 0.5) is 11.4 Å². The highest BCUT2D eigenvalue weighted by Gasteiger charge is 2.35. The molecule has 0 unspecified atom stereocenters. The van der Waals surface area contributed by atoms with E-state index in [-0.39, 0.29) is 17.2 Å². The smallest absolute Gasteiger partial charge is 0.326 e. The Kier molecular flexibility index (Phi) is 5.95. The van der Waals surface area contributed by atoms with E-state index in [1.165, 1.54) is 12.1 Å². The van der Waals surface area contributed by atoms with Crippen molar-refractivity contribution in [3.63, 3.8) is 0 Å². The van der Waals surface area contributed by atoms with Gasteiger partial charge in [-0.25, -0.2) is 17.4 Å². The van der Waals surface area contributed by atoms with Gasteiger partial charge in [0.15, 0.2) is 0 Å². The van der Waals surface area contributed by atoms with E-state index in [0.29, 0.717) is 29.7 Å². The Morgan fingerprint density at radius 1 is 1.23 bits per heavy atom. The summed E-state index contributed by atoms with van der Waals surface area (Å²) in [7, 11) is -7.50. The van der Waals surface area contributed by atoms with Crippen LogP contribution >= 0.6 is 0 Å². The number of amides is 1. The van der Waals surface area contributed by atoms with Crippen LogP contribution in [0.5, 0.6) is 5.75 Å². The number of para-hydroxylation sites is 1. The second-order valence-electron chi connectivity index (χ2n) is 7.07. The third kappa shape index (κ3) is 4.68. The molecule has 0 aromatic heterocycles. The van der Waals surface area contributed by atoms with Gasteiger partial charge in [0, 0.05) is 0 Å². The topological polar surface area (TPSA) is 133 Å². The molecule has 1 aliphatic heterocycles. The Morgan fingerprint density at radius 3 is 2.57 bits per heavy atom. The van der Waals surface area contributed by atoms with Crippen molar-refractivity contribution >= 4 is 37.5 Å². The molecule has 0 saturated carbocycles. The number of phenols is 1. The second kappa shape index (κ2) is 8.15. The molecule has 3 rings (SSSR count). The van der Waals surface area contributed by atoms with Crippen molar-refractivity contribution in [1.82, 2.24) is 4.72 Å². The zero-order valence-corrected chi connectivity index (χ0v) is 18.2. The maximum Gasteiger partial charge on any atom is 0.326 e. The van der Waals surface area contributed by atoms with Crippen molar-refractivity contribution in [2.45, 2.75) is 26.7 Å². The zero-order valence-electron chi connectivity index (χ0n) is 16.5. The van der Waals surface area contributed by atoms with Crippen molar-refractivity contribution in [3.8, 4) is 5.75 Å². The molecule has 1 aliphatic rings. The maximum absolute atomic E-state index is 12.2. The number of carbonyl (C=O) groups is 1. The molecule has 0 bridgehead atoms. The van der Waals surface area contributed by atoms with Gasteiger partial charge < -0.3 is 5.11 Å². The highest BCUT2D eigenvalue weighted by Crippen LogP contribution is 2.33. The Hall–Kier alpha value is -2.79. The minimum absolute atomic E-state index is 0.00727. The first-order valence-corrected chi connectivity index (χ1v) is 12.4. The van der Waals surface area contributed by atoms with E-state index in [4.69, 9.17) is 0 Å². The number of rotatable bonds is 7. The Bertz CT molecular complexity index is 1190. The number of phenolic OH excluding ortho intramolecular Hbond substituents is 1. The van der Waals surface area contributed by atoms with E-state index in [1.54, 1.807) is 32.0 Å². The normalized spacial score (nSPS) is 15.8. The predicted octanol–water partition coefficient (Wildman–Crippen LogP) is 1.62. The number of hydrogen-bond donors (Lipinski definition) is 3. The van der Waals surface area contributed by atoms with E-state index in [1.807, 2.05) is 10.8 Å². The van der Waals surface area contributed by atoms with Crippen LogP contribution in [0.25, 0.3) is 0 Å². The summed E-state index contributed by atoms with van der Waals surface area (Å²) < 4.78 is 53.7. The molecule has 9 nitrogen and oxygen atoms in total. The molecule has 30 heavy (non-hydrogen) atoms. The first-order valence-electron chi connectivity index (χ1n) is 9.26. The van der Waals surface area contributed by atoms with Crippen molar-refractivity contribution in [2.24, 2.45) is 0 Å². The average molecular weight is 454 g/mol. The summed E-state index contributed by atoms with van der Waals surface area (Å²) in [5.41, 5.74) is 2.61. The second-order valence-corrected chi connectivity index (χ2v) is 10.5. The number of aromatic hydroxyl groups is 1. The predicted molar refractivity (Wildman–Crippen MR) is 114 cm³/mol. The Morgan fingerprint density at radius 2 is 1.97 bits per heavy atom. The van der Waals surface area contributed by atoms with Gasteiger partial charge in [-0.1, -0.05) is 31.2 Å². The number of nitrogens with zero attached hydrogens (tertiary/aromatic N) is 1. The lowest BCUT2D eigenvalue weighted by Crippen LogP contribution is -2.29. The summed E-state index contributed by atoms with van der Waals surface area (Å²) in [6.07, 6.45) is 0.798. The third-order valence-electron chi connectivity index (χ3n) is 4.61. The van der Waals surface area contributed by atoms with Crippen molar-refractivity contribution < 1.29 is 26.7 Å². The van der Waals surface area contributed by atoms with Gasteiger partial charge in [-0.05, 0) is 48.6 Å². The lowest BCUT2D eigenvalue weighted by atomic mass is 10.0. The summed E-state index contributed by atoms with van der Waals surface area (Å²) >= 11 is 0. The average Bonchev–Trinajstić information content (AvgIpc) is 2.90. The van der Waals surface area contributed by atoms with Crippen LogP contribution in [0.2, 0.25) is 0 Å². The molecule has 1 fully saturated rings. The molecule has 3 N–H and O–H groups in total. The van der Waals surface area contributed by atoms with Crippen LogP contribution in [0, 0.1) is 6.92 Å². The number of benzene rings is 2. The van der Waals surface area contributed by atoms with Gasteiger partial charge in [-0.3, -0.25) is 9.52 Å². The summed E-state index contributed by atoms with van der Waals surface area (Å²) in [5, 5.41) is 10.4. The minimum Gasteiger partial charge on any atom is -0.506 e. The first kappa shape index (κ1) is 21.9. The summed E-state index contributed by atoms with van der Waals surface area (Å²) in [6.45, 7) is 3.18. The number of carbonyl (C=O) groups excluding carboxylic acids is 1. The molecule has 11 heteroatoms. The van der Waals surface area contributed by atoms with Crippen molar-refractivity contribution in [1.29, 1.82) is 0 Å². The number of anilines is 2. The van der Waals surface area contributed by atoms with Gasteiger partial charge in [0.25, 0.3) is 5.91 Å². The SMILES string of the molecule is CCCS(=O)(=O)Nc1c(C)cccc1Cc1ccc(N2CC(=O)NS2(=O)=O)c(O)c1. The highest BCUT2D eigenvalue weighted by molar-refractivity contribution is 7.92. The lowest BCUT2D eigenvalue weighted by Gasteiger charge is -2.18. The standard InChI is InChI=1S/C19H23N3O6S2/c1-3-9-29(25,26)21-19-13(2)5-4-6-15(19)10-14-7-8-16(17(23)11-14)22-12-18(24)20-30(22,27)28/h4-8,11,21,23H,3,9-10,12H2,1-2H3,(H,20,24). The van der Waals surface area contributed by atoms with Gasteiger partial charge in [-0.15, -0.1) is 0 Å². The van der Waals surface area contributed by atoms with Crippen LogP contribution in [-0.4, -0.2) is 40.1 Å². The van der Waals surface area contributed by atoms with Crippen LogP contribution in [0.1, 0.15) is 30.0 Å². The monoisotopic (exact) mass is 453 g/mol. The molecule has 0 radical (unpaired) electrons. The van der Waals surface area contributed by atoms with E-state index < -0.39 is 32.7 Å². The quantitative estimate of drug-likeness (QED) is 0.584. The molecule has 1 amide bonds. The summed E-state index contributed by atoms with van der Waals surface area (Å²) in [5.74, 6) is -0.969. The van der Waals surface area contributed by atoms with Crippen LogP contribution in [-0.2, 0) is 31.4 Å². The zero-order chi connectivity index (χ0) is 22.1. The van der Waals surface area contributed by atoms with Gasteiger partial charge in [0.1, 0.15) is 12.3 Å². The highest BCUT2D eigenvalue weighted by atomic mass is 32.2. The van der Waals surface area contributed by atoms with Gasteiger partial charge in [0.05, 0.1) is 17.1 Å². The fraction of sp³-hybridized carbons (Fsp3) is 0.316. The summed E-state index contributed by atoms with van der Waals surface area (Å²) in [4.78, 5) is 11.4. The largest absolute Gasteiger partial charge is 0.506 e. The summed E-state index contributed by atoms with van der Waals surface area (Å²) in [6, 6.07) is 9.84. The van der Waals surface area contributed by atoms with Crippen LogP contribution in [0.15, 0.2) is 36.4 Å². The van der Waals surface area contributed by atoms with E-state index >= 15 is 0 Å². The molecular formula is C19H23N3O6S2. The number of nitrogens with one attached hydrogen (secondary N) is 2. The fourth-order valence-electron chi connectivity index (χ4n) is 3.27. The van der Waals surface area contributed by atoms with Crippen molar-refractivity contribution in [3.05, 3.63) is 53.1 Å². The molecular weight excluding hydrogens is 430 g/mol. The third-order valence-corrected chi connectivity index (χ3v) is 7.47. The molecule has 0 spiro atoms. The number of hydrogen-bond acceptors (Lipinski definition) is 6. The van der Waals surface area contributed by atoms with E-state index in [9.17, 15) is 26.7 Å². The van der Waals surface area contributed by atoms with Gasteiger partial charge >= 0.3 is 10.2 Å². The fourth-order valence-corrected chi connectivity index (χ4v) is 5.67. The molecule has 1 heterocycles. The molecule has 2 aromatic carbocycles. The van der Waals surface area contributed by atoms with Crippen LogP contribution in [0.3, 0.4) is 0 Å². The van der Waals surface area contributed by atoms with Gasteiger partial charge in [-0.2, -0.15) is 8.42 Å². The molecule has 0 atom stereocenters. The molecule has 2 aromatic rings. The number of aryl methyl sites for hydroxylation is 1. The minimum atomic E-state index is -4.02.